The zero-order valence-corrected chi connectivity index (χ0v) is 9.19. The van der Waals surface area contributed by atoms with Crippen LogP contribution >= 0.6 is 11.8 Å². The van der Waals surface area contributed by atoms with Crippen molar-refractivity contribution in [2.24, 2.45) is 0 Å². The highest BCUT2D eigenvalue weighted by Gasteiger charge is 1.96. The highest BCUT2D eigenvalue weighted by atomic mass is 32.2. The molecule has 13 heavy (non-hydrogen) atoms. The van der Waals surface area contributed by atoms with Crippen molar-refractivity contribution in [1.82, 2.24) is 5.32 Å². The van der Waals surface area contributed by atoms with Gasteiger partial charge >= 0.3 is 5.97 Å². The van der Waals surface area contributed by atoms with E-state index >= 15 is 0 Å². The summed E-state index contributed by atoms with van der Waals surface area (Å²) in [5.74, 6) is -0.328. The topological polar surface area (TPSA) is 38.3 Å². The maximum absolute atomic E-state index is 10.6. The lowest BCUT2D eigenvalue weighted by atomic mass is 10.3. The second-order valence-electron chi connectivity index (χ2n) is 2.65. The highest BCUT2D eigenvalue weighted by Crippen LogP contribution is 2.07. The van der Waals surface area contributed by atoms with E-state index in [1.165, 1.54) is 13.2 Å². The van der Waals surface area contributed by atoms with Crippen LogP contribution in [0, 0.1) is 0 Å². The molecule has 0 aromatic rings. The number of carbonyl (C=O) groups is 1. The Morgan fingerprint density at radius 3 is 2.92 bits per heavy atom. The van der Waals surface area contributed by atoms with Crippen LogP contribution in [0.2, 0.25) is 0 Å². The Morgan fingerprint density at radius 2 is 2.38 bits per heavy atom. The minimum Gasteiger partial charge on any atom is -0.466 e. The number of thioether (sulfide) groups is 1. The van der Waals surface area contributed by atoms with Crippen molar-refractivity contribution in [3.8, 4) is 0 Å². The smallest absolute Gasteiger partial charge is 0.331 e. The summed E-state index contributed by atoms with van der Waals surface area (Å²) in [5.41, 5.74) is 0. The molecule has 0 radical (unpaired) electrons. The summed E-state index contributed by atoms with van der Waals surface area (Å²) in [6.45, 7) is 3.06. The molecule has 0 fully saturated rings. The van der Waals surface area contributed by atoms with Crippen LogP contribution < -0.4 is 5.32 Å². The first kappa shape index (κ1) is 12.4. The Bertz CT molecular complexity index is 171. The van der Waals surface area contributed by atoms with Gasteiger partial charge in [0.05, 0.1) is 7.11 Å². The summed E-state index contributed by atoms with van der Waals surface area (Å²) in [4.78, 5) is 10.6. The van der Waals surface area contributed by atoms with Gasteiger partial charge in [-0.1, -0.05) is 6.92 Å². The lowest BCUT2D eigenvalue weighted by molar-refractivity contribution is -0.134. The summed E-state index contributed by atoms with van der Waals surface area (Å²) in [7, 11) is 1.36. The number of hydrogen-bond donors (Lipinski definition) is 1. The van der Waals surface area contributed by atoms with Gasteiger partial charge in [-0.2, -0.15) is 11.8 Å². The Labute approximate surface area is 83.9 Å². The second-order valence-corrected chi connectivity index (χ2v) is 3.92. The molecule has 0 saturated carbocycles. The average Bonchev–Trinajstić information content (AvgIpc) is 2.16. The molecule has 0 aromatic carbocycles. The van der Waals surface area contributed by atoms with E-state index in [4.69, 9.17) is 0 Å². The Hall–Kier alpha value is -0.640. The molecule has 0 spiro atoms. The molecule has 1 unspecified atom stereocenters. The third kappa shape index (κ3) is 7.71. The Balaban J connectivity index is 3.35. The van der Waals surface area contributed by atoms with E-state index in [0.717, 1.165) is 13.0 Å². The van der Waals surface area contributed by atoms with Crippen molar-refractivity contribution in [3.05, 3.63) is 12.3 Å². The minimum atomic E-state index is -0.328. The zero-order chi connectivity index (χ0) is 10.1. The molecule has 0 aliphatic carbocycles. The number of carbonyl (C=O) groups excluding carboxylic acids is 1. The van der Waals surface area contributed by atoms with E-state index in [-0.39, 0.29) is 5.97 Å². The number of nitrogens with one attached hydrogen (secondary N) is 1. The van der Waals surface area contributed by atoms with Crippen LogP contribution in [0.15, 0.2) is 12.3 Å². The summed E-state index contributed by atoms with van der Waals surface area (Å²) >= 11 is 1.84. The van der Waals surface area contributed by atoms with Gasteiger partial charge in [-0.05, 0) is 12.7 Å². The Kier molecular flexibility index (Phi) is 7.59. The van der Waals surface area contributed by atoms with Crippen molar-refractivity contribution in [2.75, 3.05) is 19.9 Å². The lowest BCUT2D eigenvalue weighted by Gasteiger charge is -2.06. The molecule has 4 heteroatoms. The molecule has 0 saturated heterocycles. The summed E-state index contributed by atoms with van der Waals surface area (Å²) in [6.07, 6.45) is 6.18. The lowest BCUT2D eigenvalue weighted by Crippen LogP contribution is -2.12. The van der Waals surface area contributed by atoms with Gasteiger partial charge in [-0.3, -0.25) is 0 Å². The van der Waals surface area contributed by atoms with Crippen molar-refractivity contribution in [3.63, 3.8) is 0 Å². The number of esters is 1. The third-order valence-electron chi connectivity index (χ3n) is 1.64. The van der Waals surface area contributed by atoms with Gasteiger partial charge in [0.2, 0.25) is 0 Å². The molecule has 0 amide bonds. The second kappa shape index (κ2) is 7.98. The van der Waals surface area contributed by atoms with Gasteiger partial charge in [0.15, 0.2) is 0 Å². The average molecular weight is 203 g/mol. The van der Waals surface area contributed by atoms with Gasteiger partial charge < -0.3 is 10.1 Å². The standard InChI is InChI=1S/C9H17NO2S/c1-8(13-3)4-6-10-7-5-9(11)12-2/h5,7-8,10H,4,6H2,1-3H3/b7-5+. The van der Waals surface area contributed by atoms with Crippen LogP contribution in [0.5, 0.6) is 0 Å². The van der Waals surface area contributed by atoms with E-state index in [2.05, 4.69) is 23.2 Å². The normalized spacial score (nSPS) is 12.8. The number of hydrogen-bond acceptors (Lipinski definition) is 4. The van der Waals surface area contributed by atoms with Crippen LogP contribution in [-0.2, 0) is 9.53 Å². The number of ether oxygens (including phenoxy) is 1. The first-order valence-corrected chi connectivity index (χ1v) is 5.50. The zero-order valence-electron chi connectivity index (χ0n) is 8.37. The molecule has 0 heterocycles. The van der Waals surface area contributed by atoms with Crippen molar-refractivity contribution in [2.45, 2.75) is 18.6 Å². The summed E-state index contributed by atoms with van der Waals surface area (Å²) in [6, 6.07) is 0. The summed E-state index contributed by atoms with van der Waals surface area (Å²) in [5, 5.41) is 3.67. The SMILES string of the molecule is COC(=O)/C=C/NCCC(C)SC. The quantitative estimate of drug-likeness (QED) is 0.402. The molecule has 3 nitrogen and oxygen atoms in total. The number of rotatable bonds is 6. The van der Waals surface area contributed by atoms with E-state index in [9.17, 15) is 4.79 Å². The minimum absolute atomic E-state index is 0.328. The predicted octanol–water partition coefficient (Wildman–Crippen LogP) is 1.40. The molecule has 0 aliphatic heterocycles. The van der Waals surface area contributed by atoms with E-state index in [1.807, 2.05) is 11.8 Å². The first-order valence-electron chi connectivity index (χ1n) is 4.21. The molecule has 0 aromatic heterocycles. The van der Waals surface area contributed by atoms with Gasteiger partial charge in [-0.25, -0.2) is 4.79 Å². The molecule has 76 valence electrons. The molecular weight excluding hydrogens is 186 g/mol. The van der Waals surface area contributed by atoms with Crippen LogP contribution in [0.1, 0.15) is 13.3 Å². The van der Waals surface area contributed by atoms with Crippen molar-refractivity contribution < 1.29 is 9.53 Å². The molecule has 1 atom stereocenters. The van der Waals surface area contributed by atoms with Crippen LogP contribution in [-0.4, -0.2) is 31.1 Å². The van der Waals surface area contributed by atoms with Crippen molar-refractivity contribution >= 4 is 17.7 Å². The molecule has 0 aliphatic rings. The van der Waals surface area contributed by atoms with E-state index < -0.39 is 0 Å². The van der Waals surface area contributed by atoms with Gasteiger partial charge in [0.1, 0.15) is 0 Å². The van der Waals surface area contributed by atoms with Gasteiger partial charge in [0, 0.05) is 24.1 Å². The van der Waals surface area contributed by atoms with Gasteiger partial charge in [-0.15, -0.1) is 0 Å². The third-order valence-corrected chi connectivity index (χ3v) is 2.68. The highest BCUT2D eigenvalue weighted by molar-refractivity contribution is 7.99. The predicted molar refractivity (Wildman–Crippen MR) is 56.8 cm³/mol. The maximum atomic E-state index is 10.6. The fourth-order valence-electron chi connectivity index (χ4n) is 0.683. The maximum Gasteiger partial charge on any atom is 0.331 e. The van der Waals surface area contributed by atoms with E-state index in [0.29, 0.717) is 5.25 Å². The molecule has 0 bridgehead atoms. The van der Waals surface area contributed by atoms with Crippen molar-refractivity contribution in [1.29, 1.82) is 0 Å². The fraction of sp³-hybridized carbons (Fsp3) is 0.667. The monoisotopic (exact) mass is 203 g/mol. The molecule has 1 N–H and O–H groups in total. The number of methoxy groups -OCH3 is 1. The summed E-state index contributed by atoms with van der Waals surface area (Å²) < 4.78 is 4.43. The fourth-order valence-corrected chi connectivity index (χ4v) is 1.04. The largest absolute Gasteiger partial charge is 0.466 e. The molecule has 0 rings (SSSR count). The van der Waals surface area contributed by atoms with Gasteiger partial charge in [0.25, 0.3) is 0 Å². The van der Waals surface area contributed by atoms with Crippen LogP contribution in [0.3, 0.4) is 0 Å². The Morgan fingerprint density at radius 1 is 1.69 bits per heavy atom. The first-order chi connectivity index (χ1) is 6.20. The van der Waals surface area contributed by atoms with Crippen LogP contribution in [0.25, 0.3) is 0 Å². The van der Waals surface area contributed by atoms with E-state index in [1.54, 1.807) is 6.20 Å². The molecular formula is C9H17NO2S. The van der Waals surface area contributed by atoms with Crippen LogP contribution in [0.4, 0.5) is 0 Å².